The average molecular weight is 251 g/mol. The van der Waals surface area contributed by atoms with Gasteiger partial charge in [-0.05, 0) is 25.0 Å². The molecule has 1 atom stereocenters. The van der Waals surface area contributed by atoms with Crippen molar-refractivity contribution in [2.75, 3.05) is 0 Å². The van der Waals surface area contributed by atoms with Crippen LogP contribution in [0.3, 0.4) is 0 Å². The molecule has 90 valence electrons. The fraction of sp³-hybridized carbons (Fsp3) is 0.385. The molecule has 1 unspecified atom stereocenters. The Morgan fingerprint density at radius 1 is 1.53 bits per heavy atom. The molecule has 0 saturated carbocycles. The molecule has 3 nitrogen and oxygen atoms in total. The maximum atomic E-state index is 12.0. The van der Waals surface area contributed by atoms with Gasteiger partial charge in [-0.15, -0.1) is 0 Å². The third-order valence-electron chi connectivity index (χ3n) is 2.89. The summed E-state index contributed by atoms with van der Waals surface area (Å²) in [6.07, 6.45) is 3.16. The lowest BCUT2D eigenvalue weighted by molar-refractivity contribution is -0.125. The lowest BCUT2D eigenvalue weighted by atomic mass is 9.78. The summed E-state index contributed by atoms with van der Waals surface area (Å²) in [5, 5.41) is 11.3. The molecule has 1 rings (SSSR count). The summed E-state index contributed by atoms with van der Waals surface area (Å²) in [6, 6.07) is 7.24. The zero-order chi connectivity index (χ0) is 12.9. The van der Waals surface area contributed by atoms with Gasteiger partial charge in [0.15, 0.2) is 6.19 Å². The monoisotopic (exact) mass is 250 g/mol. The number of carbonyl (C=O) groups excluding carboxylic acids is 1. The van der Waals surface area contributed by atoms with Crippen LogP contribution in [0.4, 0.5) is 0 Å². The Morgan fingerprint density at radius 3 is 2.71 bits per heavy atom. The highest BCUT2D eigenvalue weighted by Gasteiger charge is 2.35. The minimum atomic E-state index is -0.761. The number of carbonyl (C=O) groups is 1. The molecule has 1 aromatic carbocycles. The summed E-state index contributed by atoms with van der Waals surface area (Å²) in [6.45, 7) is 3.80. The van der Waals surface area contributed by atoms with Crippen molar-refractivity contribution in [2.45, 2.75) is 32.1 Å². The standard InChI is InChI=1S/C13H15ClN2O/c1-3-8-13(2,12(17)16-9-15)10-6-4-5-7-11(10)14/h4-7H,3,8H2,1-2H3,(H,16,17). The van der Waals surface area contributed by atoms with Crippen molar-refractivity contribution in [3.63, 3.8) is 0 Å². The first-order valence-corrected chi connectivity index (χ1v) is 5.88. The Balaban J connectivity index is 3.21. The number of nitrogens with one attached hydrogen (secondary N) is 1. The molecule has 4 heteroatoms. The fourth-order valence-electron chi connectivity index (χ4n) is 1.97. The quantitative estimate of drug-likeness (QED) is 0.660. The fourth-order valence-corrected chi connectivity index (χ4v) is 2.31. The molecular weight excluding hydrogens is 236 g/mol. The number of rotatable bonds is 4. The average Bonchev–Trinajstić information content (AvgIpc) is 2.30. The largest absolute Gasteiger partial charge is 0.273 e. The number of nitriles is 1. The maximum absolute atomic E-state index is 12.0. The summed E-state index contributed by atoms with van der Waals surface area (Å²) in [7, 11) is 0. The number of halogens is 1. The van der Waals surface area contributed by atoms with Crippen molar-refractivity contribution in [2.24, 2.45) is 0 Å². The Kier molecular flexibility index (Phi) is 4.53. The van der Waals surface area contributed by atoms with E-state index in [4.69, 9.17) is 16.9 Å². The van der Waals surface area contributed by atoms with Crippen molar-refractivity contribution in [3.05, 3.63) is 34.9 Å². The van der Waals surface area contributed by atoms with Gasteiger partial charge in [-0.3, -0.25) is 10.1 Å². The number of amides is 1. The van der Waals surface area contributed by atoms with Gasteiger partial charge in [0.1, 0.15) is 0 Å². The van der Waals surface area contributed by atoms with Crippen LogP contribution in [0.25, 0.3) is 0 Å². The van der Waals surface area contributed by atoms with Gasteiger partial charge in [0, 0.05) is 5.02 Å². The van der Waals surface area contributed by atoms with Crippen LogP contribution in [0.5, 0.6) is 0 Å². The zero-order valence-electron chi connectivity index (χ0n) is 9.96. The molecule has 1 N–H and O–H groups in total. The van der Waals surface area contributed by atoms with E-state index in [2.05, 4.69) is 5.32 Å². The van der Waals surface area contributed by atoms with Crippen LogP contribution in [0, 0.1) is 11.5 Å². The smallest absolute Gasteiger partial charge is 0.243 e. The molecule has 0 aromatic heterocycles. The van der Waals surface area contributed by atoms with Gasteiger partial charge in [-0.2, -0.15) is 5.26 Å². The van der Waals surface area contributed by atoms with Crippen molar-refractivity contribution in [1.29, 1.82) is 5.26 Å². The van der Waals surface area contributed by atoms with Crippen molar-refractivity contribution >= 4 is 17.5 Å². The molecule has 0 fully saturated rings. The molecule has 0 spiro atoms. The molecule has 0 aliphatic carbocycles. The first-order valence-electron chi connectivity index (χ1n) is 5.50. The van der Waals surface area contributed by atoms with Gasteiger partial charge < -0.3 is 0 Å². The van der Waals surface area contributed by atoms with E-state index in [0.29, 0.717) is 11.4 Å². The topological polar surface area (TPSA) is 52.9 Å². The molecular formula is C13H15ClN2O. The highest BCUT2D eigenvalue weighted by molar-refractivity contribution is 6.31. The minimum Gasteiger partial charge on any atom is -0.273 e. The molecule has 1 aromatic rings. The van der Waals surface area contributed by atoms with E-state index < -0.39 is 5.41 Å². The molecule has 17 heavy (non-hydrogen) atoms. The van der Waals surface area contributed by atoms with Crippen LogP contribution in [0.15, 0.2) is 24.3 Å². The van der Waals surface area contributed by atoms with Gasteiger partial charge in [0.25, 0.3) is 0 Å². The SMILES string of the molecule is CCCC(C)(C(=O)NC#N)c1ccccc1Cl. The van der Waals surface area contributed by atoms with Crippen LogP contribution in [-0.2, 0) is 10.2 Å². The maximum Gasteiger partial charge on any atom is 0.243 e. The zero-order valence-corrected chi connectivity index (χ0v) is 10.7. The van der Waals surface area contributed by atoms with E-state index in [0.717, 1.165) is 12.0 Å². The molecule has 0 aliphatic heterocycles. The van der Waals surface area contributed by atoms with Gasteiger partial charge in [0.05, 0.1) is 5.41 Å². The predicted octanol–water partition coefficient (Wildman–Crippen LogP) is 3.00. The number of hydrogen-bond acceptors (Lipinski definition) is 2. The summed E-state index contributed by atoms with van der Waals surface area (Å²) < 4.78 is 0. The van der Waals surface area contributed by atoms with E-state index in [1.807, 2.05) is 32.0 Å². The first-order chi connectivity index (χ1) is 8.06. The molecule has 0 heterocycles. The van der Waals surface area contributed by atoms with Crippen molar-refractivity contribution < 1.29 is 4.79 Å². The third-order valence-corrected chi connectivity index (χ3v) is 3.22. The van der Waals surface area contributed by atoms with Crippen molar-refractivity contribution in [1.82, 2.24) is 5.32 Å². The van der Waals surface area contributed by atoms with Crippen molar-refractivity contribution in [3.8, 4) is 6.19 Å². The molecule has 0 saturated heterocycles. The van der Waals surface area contributed by atoms with Gasteiger partial charge in [0.2, 0.25) is 5.91 Å². The highest BCUT2D eigenvalue weighted by atomic mass is 35.5. The van der Waals surface area contributed by atoms with Gasteiger partial charge >= 0.3 is 0 Å². The number of hydrogen-bond donors (Lipinski definition) is 1. The normalized spacial score (nSPS) is 13.5. The number of nitrogens with zero attached hydrogens (tertiary/aromatic N) is 1. The molecule has 0 aliphatic rings. The molecule has 0 radical (unpaired) electrons. The van der Waals surface area contributed by atoms with E-state index in [9.17, 15) is 4.79 Å². The summed E-state index contributed by atoms with van der Waals surface area (Å²) >= 11 is 6.13. The second-order valence-electron chi connectivity index (χ2n) is 4.13. The first kappa shape index (κ1) is 13.5. The van der Waals surface area contributed by atoms with E-state index >= 15 is 0 Å². The minimum absolute atomic E-state index is 0.310. The van der Waals surface area contributed by atoms with Crippen LogP contribution in [0.2, 0.25) is 5.02 Å². The lowest BCUT2D eigenvalue weighted by Crippen LogP contribution is -2.40. The summed E-state index contributed by atoms with van der Waals surface area (Å²) in [4.78, 5) is 12.0. The Labute approximate surface area is 106 Å². The Hall–Kier alpha value is -1.53. The molecule has 0 bridgehead atoms. The van der Waals surface area contributed by atoms with Gasteiger partial charge in [-0.1, -0.05) is 43.1 Å². The number of benzene rings is 1. The Morgan fingerprint density at radius 2 is 2.18 bits per heavy atom. The second-order valence-corrected chi connectivity index (χ2v) is 4.54. The lowest BCUT2D eigenvalue weighted by Gasteiger charge is -2.28. The Bertz CT molecular complexity index is 453. The van der Waals surface area contributed by atoms with E-state index in [-0.39, 0.29) is 5.91 Å². The summed E-state index contributed by atoms with van der Waals surface area (Å²) in [5.41, 5.74) is -0.000656. The molecule has 1 amide bonds. The highest BCUT2D eigenvalue weighted by Crippen LogP contribution is 2.34. The third kappa shape index (κ3) is 2.78. The predicted molar refractivity (Wildman–Crippen MR) is 67.5 cm³/mol. The van der Waals surface area contributed by atoms with E-state index in [1.165, 1.54) is 0 Å². The van der Waals surface area contributed by atoms with Crippen LogP contribution in [-0.4, -0.2) is 5.91 Å². The van der Waals surface area contributed by atoms with Gasteiger partial charge in [-0.25, -0.2) is 0 Å². The van der Waals surface area contributed by atoms with Crippen LogP contribution < -0.4 is 5.32 Å². The second kappa shape index (κ2) is 5.70. The summed E-state index contributed by atoms with van der Waals surface area (Å²) in [5.74, 6) is -0.310. The van der Waals surface area contributed by atoms with Crippen LogP contribution >= 0.6 is 11.6 Å². The van der Waals surface area contributed by atoms with Crippen LogP contribution in [0.1, 0.15) is 32.3 Å². The van der Waals surface area contributed by atoms with E-state index in [1.54, 1.807) is 12.3 Å².